The Morgan fingerprint density at radius 3 is 1.73 bits per heavy atom. The van der Waals surface area contributed by atoms with Crippen molar-refractivity contribution in [3.05, 3.63) is 29.3 Å². The second-order valence-corrected chi connectivity index (χ2v) is 9.07. The van der Waals surface area contributed by atoms with Gasteiger partial charge in [-0.05, 0) is 49.9 Å². The van der Waals surface area contributed by atoms with Gasteiger partial charge in [-0.25, -0.2) is 9.34 Å². The summed E-state index contributed by atoms with van der Waals surface area (Å²) >= 11 is 5.96. The van der Waals surface area contributed by atoms with Gasteiger partial charge in [0.2, 0.25) is 0 Å². The van der Waals surface area contributed by atoms with Crippen molar-refractivity contribution in [3.8, 4) is 0 Å². The largest absolute Gasteiger partial charge is 0.313 e. The average Bonchev–Trinajstić information content (AvgIpc) is 2.58. The number of nitrogens with zero attached hydrogens (tertiary/aromatic N) is 2. The molecule has 2 aliphatic heterocycles. The molecule has 0 bridgehead atoms. The van der Waals surface area contributed by atoms with Crippen LogP contribution in [0.5, 0.6) is 0 Å². The van der Waals surface area contributed by atoms with Gasteiger partial charge in [-0.3, -0.25) is 4.57 Å². The third kappa shape index (κ3) is 3.68. The van der Waals surface area contributed by atoms with Crippen LogP contribution in [0, 0.1) is 0 Å². The fourth-order valence-corrected chi connectivity index (χ4v) is 6.21. The molecule has 1 aromatic rings. The maximum atomic E-state index is 13.9. The van der Waals surface area contributed by atoms with Crippen molar-refractivity contribution in [1.29, 1.82) is 0 Å². The van der Waals surface area contributed by atoms with Gasteiger partial charge in [0, 0.05) is 36.9 Å². The van der Waals surface area contributed by atoms with E-state index in [2.05, 4.69) is 14.4 Å². The molecular weight excluding hydrogens is 317 g/mol. The minimum atomic E-state index is -2.73. The van der Waals surface area contributed by atoms with Crippen LogP contribution in [0.1, 0.15) is 38.5 Å². The van der Waals surface area contributed by atoms with Gasteiger partial charge in [-0.15, -0.1) is 0 Å². The summed E-state index contributed by atoms with van der Waals surface area (Å²) in [7, 11) is -2.73. The second-order valence-electron chi connectivity index (χ2n) is 6.19. The standard InChI is InChI=1S/C16H25ClN3OP/c17-15-7-9-16(10-8-15)18-22(21,19-11-3-1-4-12-19)20-13-5-2-6-14-20/h7-10H,1-6,11-14H2,(H,18,21). The van der Waals surface area contributed by atoms with Crippen LogP contribution in [0.25, 0.3) is 0 Å². The van der Waals surface area contributed by atoms with Crippen molar-refractivity contribution >= 4 is 24.9 Å². The minimum absolute atomic E-state index is 0.705. The van der Waals surface area contributed by atoms with Crippen LogP contribution in [0.4, 0.5) is 5.69 Å². The van der Waals surface area contributed by atoms with Crippen LogP contribution in [0.15, 0.2) is 24.3 Å². The fourth-order valence-electron chi connectivity index (χ4n) is 3.31. The molecular formula is C16H25ClN3OP. The Kier molecular flexibility index (Phi) is 5.46. The van der Waals surface area contributed by atoms with E-state index in [9.17, 15) is 4.57 Å². The van der Waals surface area contributed by atoms with Crippen molar-refractivity contribution in [1.82, 2.24) is 9.34 Å². The molecule has 3 rings (SSSR count). The topological polar surface area (TPSA) is 35.6 Å². The zero-order chi connectivity index (χ0) is 15.4. The molecule has 2 heterocycles. The highest BCUT2D eigenvalue weighted by Gasteiger charge is 2.38. The molecule has 0 atom stereocenters. The van der Waals surface area contributed by atoms with E-state index in [-0.39, 0.29) is 0 Å². The molecule has 0 unspecified atom stereocenters. The van der Waals surface area contributed by atoms with Crippen LogP contribution >= 0.6 is 19.2 Å². The highest BCUT2D eigenvalue weighted by Crippen LogP contribution is 2.54. The summed E-state index contributed by atoms with van der Waals surface area (Å²) in [5.74, 6) is 0. The Balaban J connectivity index is 1.83. The van der Waals surface area contributed by atoms with E-state index in [1.54, 1.807) is 0 Å². The molecule has 0 spiro atoms. The van der Waals surface area contributed by atoms with Crippen LogP contribution in [0.2, 0.25) is 5.02 Å². The Morgan fingerprint density at radius 1 is 0.818 bits per heavy atom. The molecule has 6 heteroatoms. The zero-order valence-electron chi connectivity index (χ0n) is 13.0. The van der Waals surface area contributed by atoms with Gasteiger partial charge < -0.3 is 5.09 Å². The maximum absolute atomic E-state index is 13.9. The molecule has 1 aromatic carbocycles. The fraction of sp³-hybridized carbons (Fsp3) is 0.625. The number of rotatable bonds is 4. The number of anilines is 1. The first kappa shape index (κ1) is 16.3. The smallest absolute Gasteiger partial charge is 0.308 e. The lowest BCUT2D eigenvalue weighted by Gasteiger charge is -2.42. The van der Waals surface area contributed by atoms with Gasteiger partial charge >= 0.3 is 7.59 Å². The lowest BCUT2D eigenvalue weighted by molar-refractivity contribution is 0.279. The van der Waals surface area contributed by atoms with Gasteiger partial charge in [-0.2, -0.15) is 0 Å². The molecule has 0 amide bonds. The first-order valence-corrected chi connectivity index (χ1v) is 10.3. The molecule has 4 nitrogen and oxygen atoms in total. The van der Waals surface area contributed by atoms with Crippen molar-refractivity contribution in [3.63, 3.8) is 0 Å². The molecule has 0 radical (unpaired) electrons. The van der Waals surface area contributed by atoms with Gasteiger partial charge in [0.25, 0.3) is 0 Å². The third-order valence-corrected chi connectivity index (χ3v) is 7.69. The normalized spacial score (nSPS) is 21.7. The van der Waals surface area contributed by atoms with Crippen molar-refractivity contribution < 1.29 is 4.57 Å². The predicted molar refractivity (Wildman–Crippen MR) is 93.5 cm³/mol. The van der Waals surface area contributed by atoms with Gasteiger partial charge in [0.05, 0.1) is 0 Å². The van der Waals surface area contributed by atoms with Crippen LogP contribution in [-0.2, 0) is 4.57 Å². The number of benzene rings is 1. The molecule has 0 aromatic heterocycles. The van der Waals surface area contributed by atoms with Gasteiger partial charge in [0.15, 0.2) is 0 Å². The first-order valence-electron chi connectivity index (χ1n) is 8.33. The summed E-state index contributed by atoms with van der Waals surface area (Å²) in [5, 5.41) is 4.08. The Labute approximate surface area is 138 Å². The predicted octanol–water partition coefficient (Wildman–Crippen LogP) is 4.83. The van der Waals surface area contributed by atoms with E-state index >= 15 is 0 Å². The second kappa shape index (κ2) is 7.35. The lowest BCUT2D eigenvalue weighted by atomic mass is 10.2. The van der Waals surface area contributed by atoms with Gasteiger partial charge in [0.1, 0.15) is 0 Å². The number of halogens is 1. The number of hydrogen-bond acceptors (Lipinski definition) is 1. The third-order valence-electron chi connectivity index (χ3n) is 4.55. The zero-order valence-corrected chi connectivity index (χ0v) is 14.7. The Hall–Kier alpha value is -0.540. The molecule has 22 heavy (non-hydrogen) atoms. The van der Waals surface area contributed by atoms with E-state index in [0.717, 1.165) is 57.5 Å². The highest BCUT2D eigenvalue weighted by molar-refractivity contribution is 7.60. The molecule has 2 saturated heterocycles. The summed E-state index contributed by atoms with van der Waals surface area (Å²) in [6.07, 6.45) is 7.05. The monoisotopic (exact) mass is 341 g/mol. The highest BCUT2D eigenvalue weighted by atomic mass is 35.5. The van der Waals surface area contributed by atoms with Gasteiger partial charge in [-0.1, -0.05) is 24.4 Å². The van der Waals surface area contributed by atoms with Crippen molar-refractivity contribution in [2.45, 2.75) is 38.5 Å². The summed E-state index contributed by atoms with van der Waals surface area (Å²) < 4.78 is 18.3. The number of hydrogen-bond donors (Lipinski definition) is 1. The van der Waals surface area contributed by atoms with Crippen LogP contribution in [0.3, 0.4) is 0 Å². The Bertz CT molecular complexity index is 503. The maximum Gasteiger partial charge on any atom is 0.308 e. The van der Waals surface area contributed by atoms with E-state index in [4.69, 9.17) is 11.6 Å². The van der Waals surface area contributed by atoms with E-state index in [1.807, 2.05) is 24.3 Å². The van der Waals surface area contributed by atoms with Crippen LogP contribution in [-0.4, -0.2) is 35.5 Å². The van der Waals surface area contributed by atoms with Crippen LogP contribution < -0.4 is 5.09 Å². The summed E-state index contributed by atoms with van der Waals surface area (Å²) in [6, 6.07) is 7.53. The molecule has 0 aliphatic carbocycles. The Morgan fingerprint density at radius 2 is 1.27 bits per heavy atom. The molecule has 2 aliphatic rings. The van der Waals surface area contributed by atoms with Crippen molar-refractivity contribution in [2.75, 3.05) is 31.3 Å². The van der Waals surface area contributed by atoms with E-state index in [0.29, 0.717) is 5.02 Å². The average molecular weight is 342 g/mol. The molecule has 0 saturated carbocycles. The molecule has 122 valence electrons. The minimum Gasteiger partial charge on any atom is -0.313 e. The number of piperidine rings is 2. The molecule has 2 fully saturated rings. The summed E-state index contributed by atoms with van der Waals surface area (Å²) in [5.41, 5.74) is 0.892. The first-order chi connectivity index (χ1) is 10.7. The summed E-state index contributed by atoms with van der Waals surface area (Å²) in [4.78, 5) is 0. The molecule has 1 N–H and O–H groups in total. The van der Waals surface area contributed by atoms with E-state index < -0.39 is 7.59 Å². The van der Waals surface area contributed by atoms with Crippen molar-refractivity contribution in [2.24, 2.45) is 0 Å². The number of nitrogens with one attached hydrogen (secondary N) is 1. The SMILES string of the molecule is O=P(Nc1ccc(Cl)cc1)(N1CCCCC1)N1CCCCC1. The summed E-state index contributed by atoms with van der Waals surface area (Å²) in [6.45, 7) is 3.70. The quantitative estimate of drug-likeness (QED) is 0.795. The van der Waals surface area contributed by atoms with E-state index in [1.165, 1.54) is 12.8 Å². The lowest BCUT2D eigenvalue weighted by Crippen LogP contribution is -2.40.